The minimum absolute atomic E-state index is 0.0520. The van der Waals surface area contributed by atoms with Gasteiger partial charge in [0.15, 0.2) is 0 Å². The first-order chi connectivity index (χ1) is 10.0. The fourth-order valence-corrected chi connectivity index (χ4v) is 2.26. The van der Waals surface area contributed by atoms with Crippen LogP contribution in [0.25, 0.3) is 0 Å². The highest BCUT2D eigenvalue weighted by Gasteiger charge is 2.09. The Morgan fingerprint density at radius 2 is 1.48 bits per heavy atom. The lowest BCUT2D eigenvalue weighted by molar-refractivity contribution is -0.121. The van der Waals surface area contributed by atoms with Crippen LogP contribution >= 0.6 is 0 Å². The van der Waals surface area contributed by atoms with Crippen LogP contribution in [0.1, 0.15) is 41.6 Å². The van der Waals surface area contributed by atoms with Crippen LogP contribution in [0.5, 0.6) is 0 Å². The summed E-state index contributed by atoms with van der Waals surface area (Å²) < 4.78 is 0. The number of nitrogens with one attached hydrogen (secondary N) is 1. The van der Waals surface area contributed by atoms with Gasteiger partial charge in [0.25, 0.3) is 0 Å². The molecule has 0 saturated heterocycles. The standard InChI is InChI=1S/C19H23NO/c1-14-4-8-17(9-5-14)10-13-19(21)20-16(3)18-11-6-15(2)7-12-18/h4-9,11-12,16H,10,13H2,1-3H3,(H,20,21). The maximum atomic E-state index is 12.0. The molecule has 0 bridgehead atoms. The first-order valence-electron chi connectivity index (χ1n) is 7.46. The highest BCUT2D eigenvalue weighted by molar-refractivity contribution is 5.76. The van der Waals surface area contributed by atoms with Crippen molar-refractivity contribution in [3.05, 3.63) is 70.8 Å². The Bertz CT molecular complexity index is 584. The van der Waals surface area contributed by atoms with Gasteiger partial charge in [0.2, 0.25) is 5.91 Å². The van der Waals surface area contributed by atoms with Gasteiger partial charge >= 0.3 is 0 Å². The van der Waals surface area contributed by atoms with Crippen molar-refractivity contribution in [3.8, 4) is 0 Å². The normalized spacial score (nSPS) is 12.0. The Balaban J connectivity index is 1.83. The maximum absolute atomic E-state index is 12.0. The number of benzene rings is 2. The Morgan fingerprint density at radius 1 is 0.952 bits per heavy atom. The summed E-state index contributed by atoms with van der Waals surface area (Å²) in [6.07, 6.45) is 1.31. The molecule has 2 aromatic rings. The van der Waals surface area contributed by atoms with E-state index in [0.29, 0.717) is 6.42 Å². The van der Waals surface area contributed by atoms with Gasteiger partial charge in [-0.25, -0.2) is 0 Å². The molecule has 0 saturated carbocycles. The molecular formula is C19H23NO. The lowest BCUT2D eigenvalue weighted by Crippen LogP contribution is -2.26. The number of aryl methyl sites for hydroxylation is 3. The molecule has 0 aliphatic heterocycles. The molecule has 0 heterocycles. The molecule has 1 atom stereocenters. The molecule has 21 heavy (non-hydrogen) atoms. The van der Waals surface area contributed by atoms with Crippen molar-refractivity contribution in [1.29, 1.82) is 0 Å². The van der Waals surface area contributed by atoms with Crippen LogP contribution in [0, 0.1) is 13.8 Å². The number of carbonyl (C=O) groups excluding carboxylic acids is 1. The van der Waals surface area contributed by atoms with Crippen molar-refractivity contribution in [2.45, 2.75) is 39.7 Å². The number of amides is 1. The lowest BCUT2D eigenvalue weighted by atomic mass is 10.1. The van der Waals surface area contributed by atoms with E-state index in [1.165, 1.54) is 16.7 Å². The summed E-state index contributed by atoms with van der Waals surface area (Å²) in [5.41, 5.74) is 4.83. The molecule has 2 heteroatoms. The zero-order valence-corrected chi connectivity index (χ0v) is 13.0. The predicted octanol–water partition coefficient (Wildman–Crippen LogP) is 4.11. The Labute approximate surface area is 127 Å². The maximum Gasteiger partial charge on any atom is 0.220 e. The summed E-state index contributed by atoms with van der Waals surface area (Å²) in [4.78, 5) is 12.0. The quantitative estimate of drug-likeness (QED) is 0.878. The van der Waals surface area contributed by atoms with Crippen LogP contribution < -0.4 is 5.32 Å². The van der Waals surface area contributed by atoms with Crippen LogP contribution in [0.2, 0.25) is 0 Å². The molecular weight excluding hydrogens is 258 g/mol. The van der Waals surface area contributed by atoms with Gasteiger partial charge in [0, 0.05) is 6.42 Å². The third-order valence-electron chi connectivity index (χ3n) is 3.72. The van der Waals surface area contributed by atoms with Crippen LogP contribution in [-0.4, -0.2) is 5.91 Å². The third-order valence-corrected chi connectivity index (χ3v) is 3.72. The highest BCUT2D eigenvalue weighted by atomic mass is 16.1. The second-order valence-electron chi connectivity index (χ2n) is 5.69. The molecule has 1 amide bonds. The van der Waals surface area contributed by atoms with Crippen LogP contribution in [-0.2, 0) is 11.2 Å². The second-order valence-corrected chi connectivity index (χ2v) is 5.69. The average molecular weight is 281 g/mol. The van der Waals surface area contributed by atoms with Crippen molar-refractivity contribution in [2.24, 2.45) is 0 Å². The van der Waals surface area contributed by atoms with E-state index in [0.717, 1.165) is 12.0 Å². The molecule has 2 rings (SSSR count). The smallest absolute Gasteiger partial charge is 0.220 e. The van der Waals surface area contributed by atoms with E-state index < -0.39 is 0 Å². The molecule has 0 spiro atoms. The third kappa shape index (κ3) is 4.75. The Hall–Kier alpha value is -2.09. The van der Waals surface area contributed by atoms with Crippen LogP contribution in [0.4, 0.5) is 0 Å². The molecule has 110 valence electrons. The van der Waals surface area contributed by atoms with Crippen molar-refractivity contribution < 1.29 is 4.79 Å². The monoisotopic (exact) mass is 281 g/mol. The lowest BCUT2D eigenvalue weighted by Gasteiger charge is -2.14. The van der Waals surface area contributed by atoms with E-state index >= 15 is 0 Å². The van der Waals surface area contributed by atoms with E-state index in [2.05, 4.69) is 67.7 Å². The van der Waals surface area contributed by atoms with E-state index in [4.69, 9.17) is 0 Å². The number of rotatable bonds is 5. The number of hydrogen-bond donors (Lipinski definition) is 1. The number of carbonyl (C=O) groups is 1. The summed E-state index contributed by atoms with van der Waals surface area (Å²) in [7, 11) is 0. The second kappa shape index (κ2) is 7.07. The van der Waals surface area contributed by atoms with Crippen molar-refractivity contribution in [2.75, 3.05) is 0 Å². The highest BCUT2D eigenvalue weighted by Crippen LogP contribution is 2.13. The molecule has 0 fully saturated rings. The zero-order chi connectivity index (χ0) is 15.2. The van der Waals surface area contributed by atoms with Gasteiger partial charge in [-0.05, 0) is 38.3 Å². The first kappa shape index (κ1) is 15.3. The largest absolute Gasteiger partial charge is 0.350 e. The summed E-state index contributed by atoms with van der Waals surface area (Å²) in [6, 6.07) is 16.7. The van der Waals surface area contributed by atoms with Gasteiger partial charge in [-0.2, -0.15) is 0 Å². The minimum atomic E-state index is 0.0520. The van der Waals surface area contributed by atoms with E-state index in [9.17, 15) is 4.79 Å². The molecule has 0 aliphatic rings. The number of hydrogen-bond acceptors (Lipinski definition) is 1. The predicted molar refractivity (Wildman–Crippen MR) is 87.2 cm³/mol. The molecule has 0 radical (unpaired) electrons. The first-order valence-corrected chi connectivity index (χ1v) is 7.46. The van der Waals surface area contributed by atoms with E-state index in [1.54, 1.807) is 0 Å². The Kier molecular flexibility index (Phi) is 5.15. The van der Waals surface area contributed by atoms with Crippen molar-refractivity contribution in [1.82, 2.24) is 5.32 Å². The zero-order valence-electron chi connectivity index (χ0n) is 13.0. The van der Waals surface area contributed by atoms with E-state index in [-0.39, 0.29) is 11.9 Å². The molecule has 0 aromatic heterocycles. The van der Waals surface area contributed by atoms with Crippen molar-refractivity contribution >= 4 is 5.91 Å². The van der Waals surface area contributed by atoms with Gasteiger partial charge in [-0.15, -0.1) is 0 Å². The minimum Gasteiger partial charge on any atom is -0.350 e. The summed E-state index contributed by atoms with van der Waals surface area (Å²) in [5.74, 6) is 0.101. The molecule has 0 aliphatic carbocycles. The topological polar surface area (TPSA) is 29.1 Å². The van der Waals surface area contributed by atoms with Gasteiger partial charge in [0.05, 0.1) is 6.04 Å². The van der Waals surface area contributed by atoms with Crippen LogP contribution in [0.15, 0.2) is 48.5 Å². The van der Waals surface area contributed by atoms with Gasteiger partial charge in [-0.1, -0.05) is 59.7 Å². The summed E-state index contributed by atoms with van der Waals surface area (Å²) in [5, 5.41) is 3.06. The molecule has 2 nitrogen and oxygen atoms in total. The van der Waals surface area contributed by atoms with Gasteiger partial charge < -0.3 is 5.32 Å². The van der Waals surface area contributed by atoms with Crippen molar-refractivity contribution in [3.63, 3.8) is 0 Å². The summed E-state index contributed by atoms with van der Waals surface area (Å²) >= 11 is 0. The van der Waals surface area contributed by atoms with Crippen LogP contribution in [0.3, 0.4) is 0 Å². The van der Waals surface area contributed by atoms with Gasteiger partial charge in [-0.3, -0.25) is 4.79 Å². The molecule has 2 aromatic carbocycles. The summed E-state index contributed by atoms with van der Waals surface area (Å²) in [6.45, 7) is 6.16. The fraction of sp³-hybridized carbons (Fsp3) is 0.316. The SMILES string of the molecule is Cc1ccc(CCC(=O)NC(C)c2ccc(C)cc2)cc1. The van der Waals surface area contributed by atoms with Gasteiger partial charge in [0.1, 0.15) is 0 Å². The molecule has 1 N–H and O–H groups in total. The fourth-order valence-electron chi connectivity index (χ4n) is 2.26. The van der Waals surface area contributed by atoms with E-state index in [1.807, 2.05) is 6.92 Å². The average Bonchev–Trinajstić information content (AvgIpc) is 2.47. The Morgan fingerprint density at radius 3 is 2.05 bits per heavy atom. The molecule has 1 unspecified atom stereocenters.